The predicted octanol–water partition coefficient (Wildman–Crippen LogP) is 1.58. The molecule has 0 aliphatic rings. The number of nitrogens with one attached hydrogen (secondary N) is 1. The third kappa shape index (κ3) is 3.56. The van der Waals surface area contributed by atoms with E-state index in [0.717, 1.165) is 0 Å². The molecule has 1 atom stereocenters. The van der Waals surface area contributed by atoms with E-state index >= 15 is 0 Å². The maximum Gasteiger partial charge on any atom is 0.336 e. The van der Waals surface area contributed by atoms with Crippen LogP contribution in [0.4, 0.5) is 0 Å². The van der Waals surface area contributed by atoms with Crippen LogP contribution in [0.25, 0.3) is 0 Å². The quantitative estimate of drug-likeness (QED) is 0.714. The average molecular weight is 251 g/mol. The Balaban J connectivity index is 2.79. The highest BCUT2D eigenvalue weighted by atomic mass is 16.4. The van der Waals surface area contributed by atoms with Crippen LogP contribution in [-0.2, 0) is 11.3 Å². The Labute approximate surface area is 105 Å². The van der Waals surface area contributed by atoms with Crippen LogP contribution in [0.2, 0.25) is 0 Å². The molecule has 0 amide bonds. The fourth-order valence-corrected chi connectivity index (χ4v) is 1.71. The summed E-state index contributed by atoms with van der Waals surface area (Å²) in [4.78, 5) is 22.0. The second-order valence-corrected chi connectivity index (χ2v) is 4.40. The average Bonchev–Trinajstić information content (AvgIpc) is 2.28. The molecule has 1 rings (SSSR count). The van der Waals surface area contributed by atoms with Gasteiger partial charge in [0, 0.05) is 6.54 Å². The molecule has 3 N–H and O–H groups in total. The maximum absolute atomic E-state index is 11.0. The lowest BCUT2D eigenvalue weighted by Gasteiger charge is -2.18. The summed E-state index contributed by atoms with van der Waals surface area (Å²) in [6, 6.07) is 5.87. The predicted molar refractivity (Wildman–Crippen MR) is 66.5 cm³/mol. The van der Waals surface area contributed by atoms with Crippen molar-refractivity contribution in [3.05, 3.63) is 35.4 Å². The molecule has 0 fully saturated rings. The fraction of sp³-hybridized carbons (Fsp3) is 0.385. The van der Waals surface area contributed by atoms with Gasteiger partial charge in [0.2, 0.25) is 0 Å². The number of aromatic carboxylic acids is 1. The zero-order valence-corrected chi connectivity index (χ0v) is 10.4. The summed E-state index contributed by atoms with van der Waals surface area (Å²) >= 11 is 0. The number of benzene rings is 1. The number of aliphatic carboxylic acids is 1. The Morgan fingerprint density at radius 2 is 1.83 bits per heavy atom. The minimum atomic E-state index is -1.01. The zero-order valence-electron chi connectivity index (χ0n) is 10.4. The second kappa shape index (κ2) is 6.16. The number of rotatable bonds is 6. The number of hydrogen-bond acceptors (Lipinski definition) is 3. The second-order valence-electron chi connectivity index (χ2n) is 4.40. The molecule has 1 aromatic carbocycles. The third-order valence-electron chi connectivity index (χ3n) is 2.69. The van der Waals surface area contributed by atoms with Gasteiger partial charge < -0.3 is 15.5 Å². The Morgan fingerprint density at radius 3 is 2.33 bits per heavy atom. The topological polar surface area (TPSA) is 86.6 Å². The summed E-state index contributed by atoms with van der Waals surface area (Å²) in [6.45, 7) is 3.82. The third-order valence-corrected chi connectivity index (χ3v) is 2.69. The van der Waals surface area contributed by atoms with Crippen molar-refractivity contribution in [1.82, 2.24) is 5.32 Å². The molecule has 0 aromatic heterocycles. The lowest BCUT2D eigenvalue weighted by atomic mass is 10.0. The van der Waals surface area contributed by atoms with Crippen molar-refractivity contribution < 1.29 is 19.8 Å². The van der Waals surface area contributed by atoms with Gasteiger partial charge in [-0.25, -0.2) is 4.79 Å². The van der Waals surface area contributed by atoms with E-state index in [4.69, 9.17) is 10.2 Å². The van der Waals surface area contributed by atoms with E-state index in [1.807, 2.05) is 0 Å². The van der Waals surface area contributed by atoms with Crippen LogP contribution in [0, 0.1) is 5.92 Å². The van der Waals surface area contributed by atoms with Crippen LogP contribution in [0.5, 0.6) is 0 Å². The van der Waals surface area contributed by atoms with Crippen molar-refractivity contribution in [3.63, 3.8) is 0 Å². The molecule has 0 heterocycles. The van der Waals surface area contributed by atoms with Gasteiger partial charge in [0.05, 0.1) is 5.56 Å². The van der Waals surface area contributed by atoms with Gasteiger partial charge in [-0.1, -0.05) is 32.0 Å². The van der Waals surface area contributed by atoms with Crippen LogP contribution in [0.15, 0.2) is 24.3 Å². The van der Waals surface area contributed by atoms with Crippen molar-refractivity contribution in [2.45, 2.75) is 26.4 Å². The van der Waals surface area contributed by atoms with E-state index in [1.54, 1.807) is 32.0 Å². The van der Waals surface area contributed by atoms with Crippen LogP contribution in [0.1, 0.15) is 29.8 Å². The van der Waals surface area contributed by atoms with Gasteiger partial charge in [0.1, 0.15) is 6.04 Å². The first-order valence-electron chi connectivity index (χ1n) is 5.71. The number of carboxylic acid groups (broad SMARTS) is 2. The SMILES string of the molecule is CC(C)[C@H](NCc1ccccc1C(=O)O)C(=O)O. The molecule has 98 valence electrons. The van der Waals surface area contributed by atoms with Crippen molar-refractivity contribution in [2.24, 2.45) is 5.92 Å². The normalized spacial score (nSPS) is 12.4. The smallest absolute Gasteiger partial charge is 0.336 e. The first kappa shape index (κ1) is 14.2. The van der Waals surface area contributed by atoms with Gasteiger partial charge in [-0.2, -0.15) is 0 Å². The summed E-state index contributed by atoms with van der Waals surface area (Å²) in [6.07, 6.45) is 0. The fourth-order valence-electron chi connectivity index (χ4n) is 1.71. The molecule has 0 bridgehead atoms. The van der Waals surface area contributed by atoms with Crippen molar-refractivity contribution in [3.8, 4) is 0 Å². The standard InChI is InChI=1S/C13H17NO4/c1-8(2)11(13(17)18)14-7-9-5-3-4-6-10(9)12(15)16/h3-6,8,11,14H,7H2,1-2H3,(H,15,16)(H,17,18)/t11-/m0/s1. The summed E-state index contributed by atoms with van der Waals surface area (Å²) in [7, 11) is 0. The Kier molecular flexibility index (Phi) is 4.85. The van der Waals surface area contributed by atoms with Crippen LogP contribution < -0.4 is 5.32 Å². The molecule has 0 unspecified atom stereocenters. The van der Waals surface area contributed by atoms with E-state index in [-0.39, 0.29) is 18.0 Å². The Hall–Kier alpha value is -1.88. The first-order chi connectivity index (χ1) is 8.43. The van der Waals surface area contributed by atoms with Gasteiger partial charge in [-0.05, 0) is 17.5 Å². The minimum Gasteiger partial charge on any atom is -0.480 e. The van der Waals surface area contributed by atoms with E-state index in [1.165, 1.54) is 6.07 Å². The van der Waals surface area contributed by atoms with Gasteiger partial charge in [-0.15, -0.1) is 0 Å². The van der Waals surface area contributed by atoms with Crippen molar-refractivity contribution >= 4 is 11.9 Å². The van der Waals surface area contributed by atoms with E-state index in [0.29, 0.717) is 5.56 Å². The summed E-state index contributed by atoms with van der Waals surface area (Å²) < 4.78 is 0. The Morgan fingerprint density at radius 1 is 1.22 bits per heavy atom. The summed E-state index contributed by atoms with van der Waals surface area (Å²) in [5.74, 6) is -2.01. The van der Waals surface area contributed by atoms with Crippen LogP contribution >= 0.6 is 0 Å². The van der Waals surface area contributed by atoms with Gasteiger partial charge in [0.15, 0.2) is 0 Å². The molecule has 0 radical (unpaired) electrons. The largest absolute Gasteiger partial charge is 0.480 e. The highest BCUT2D eigenvalue weighted by Crippen LogP contribution is 2.10. The molecule has 0 aliphatic heterocycles. The highest BCUT2D eigenvalue weighted by Gasteiger charge is 2.21. The lowest BCUT2D eigenvalue weighted by Crippen LogP contribution is -2.40. The molecular weight excluding hydrogens is 234 g/mol. The van der Waals surface area contributed by atoms with Gasteiger partial charge >= 0.3 is 11.9 Å². The molecule has 18 heavy (non-hydrogen) atoms. The van der Waals surface area contributed by atoms with Crippen LogP contribution in [0.3, 0.4) is 0 Å². The molecule has 0 saturated heterocycles. The van der Waals surface area contributed by atoms with Crippen molar-refractivity contribution in [1.29, 1.82) is 0 Å². The number of carboxylic acids is 2. The Bertz CT molecular complexity index is 442. The summed E-state index contributed by atoms with van der Waals surface area (Å²) in [5, 5.41) is 20.9. The minimum absolute atomic E-state index is 0.0699. The van der Waals surface area contributed by atoms with E-state index in [9.17, 15) is 9.59 Å². The molecule has 1 aromatic rings. The lowest BCUT2D eigenvalue weighted by molar-refractivity contribution is -0.140. The monoisotopic (exact) mass is 251 g/mol. The first-order valence-corrected chi connectivity index (χ1v) is 5.71. The number of hydrogen-bond donors (Lipinski definition) is 3. The molecular formula is C13H17NO4. The van der Waals surface area contributed by atoms with Crippen LogP contribution in [-0.4, -0.2) is 28.2 Å². The van der Waals surface area contributed by atoms with E-state index < -0.39 is 18.0 Å². The molecule has 0 aliphatic carbocycles. The van der Waals surface area contributed by atoms with Crippen molar-refractivity contribution in [2.75, 3.05) is 0 Å². The highest BCUT2D eigenvalue weighted by molar-refractivity contribution is 5.89. The molecule has 0 spiro atoms. The molecule has 5 heteroatoms. The molecule has 0 saturated carbocycles. The van der Waals surface area contributed by atoms with Gasteiger partial charge in [0.25, 0.3) is 0 Å². The van der Waals surface area contributed by atoms with E-state index in [2.05, 4.69) is 5.32 Å². The molecule has 5 nitrogen and oxygen atoms in total. The van der Waals surface area contributed by atoms with Gasteiger partial charge in [-0.3, -0.25) is 4.79 Å². The summed E-state index contributed by atoms with van der Waals surface area (Å²) in [5.41, 5.74) is 0.773. The number of carbonyl (C=O) groups is 2. The maximum atomic E-state index is 11.0. The zero-order chi connectivity index (χ0) is 13.7.